The maximum Gasteiger partial charge on any atom is 0.263 e. The summed E-state index contributed by atoms with van der Waals surface area (Å²) in [5.41, 5.74) is 1.51. The van der Waals surface area contributed by atoms with Gasteiger partial charge in [0.05, 0.1) is 24.3 Å². The Morgan fingerprint density at radius 1 is 1.42 bits per heavy atom. The molecule has 24 heavy (non-hydrogen) atoms. The second kappa shape index (κ2) is 6.52. The Bertz CT molecular complexity index is 874. The van der Waals surface area contributed by atoms with Crippen LogP contribution in [0.15, 0.2) is 24.3 Å². The molecule has 1 aromatic carbocycles. The van der Waals surface area contributed by atoms with Crippen molar-refractivity contribution in [2.45, 2.75) is 19.4 Å². The van der Waals surface area contributed by atoms with Crippen LogP contribution in [0.25, 0.3) is 10.6 Å². The lowest BCUT2D eigenvalue weighted by molar-refractivity contribution is 0.0944. The summed E-state index contributed by atoms with van der Waals surface area (Å²) in [5, 5.41) is 3.54. The van der Waals surface area contributed by atoms with Gasteiger partial charge in [0.2, 0.25) is 0 Å². The Morgan fingerprint density at radius 2 is 2.21 bits per heavy atom. The van der Waals surface area contributed by atoms with E-state index in [0.29, 0.717) is 17.0 Å². The number of methoxy groups -OCH3 is 1. The number of benzene rings is 1. The number of hydrogen-bond acceptors (Lipinski definition) is 6. The molecule has 1 aliphatic heterocycles. The van der Waals surface area contributed by atoms with Crippen LogP contribution in [-0.2, 0) is 9.84 Å². The van der Waals surface area contributed by atoms with Crippen LogP contribution in [0.1, 0.15) is 21.8 Å². The molecule has 1 saturated heterocycles. The van der Waals surface area contributed by atoms with Crippen LogP contribution in [-0.4, -0.2) is 44.0 Å². The van der Waals surface area contributed by atoms with E-state index < -0.39 is 9.84 Å². The van der Waals surface area contributed by atoms with Crippen molar-refractivity contribution in [2.75, 3.05) is 18.6 Å². The van der Waals surface area contributed by atoms with Crippen LogP contribution >= 0.6 is 11.3 Å². The third-order valence-corrected chi connectivity index (χ3v) is 6.86. The summed E-state index contributed by atoms with van der Waals surface area (Å²) in [6.07, 6.45) is 0.467. The van der Waals surface area contributed by atoms with Gasteiger partial charge in [0.25, 0.3) is 5.91 Å². The van der Waals surface area contributed by atoms with Crippen LogP contribution in [0.4, 0.5) is 0 Å². The summed E-state index contributed by atoms with van der Waals surface area (Å²) in [4.78, 5) is 17.4. The number of thiazole rings is 1. The molecule has 2 aromatic rings. The van der Waals surface area contributed by atoms with E-state index in [1.165, 1.54) is 11.3 Å². The molecule has 6 nitrogen and oxygen atoms in total. The summed E-state index contributed by atoms with van der Waals surface area (Å²) in [6, 6.07) is 7.17. The van der Waals surface area contributed by atoms with Crippen molar-refractivity contribution in [3.05, 3.63) is 34.8 Å². The highest BCUT2D eigenvalue weighted by Crippen LogP contribution is 2.30. The average Bonchev–Trinajstić information content (AvgIpc) is 3.09. The molecule has 1 aromatic heterocycles. The fourth-order valence-electron chi connectivity index (χ4n) is 2.65. The zero-order chi connectivity index (χ0) is 17.3. The predicted molar refractivity (Wildman–Crippen MR) is 93.4 cm³/mol. The van der Waals surface area contributed by atoms with Gasteiger partial charge in [-0.3, -0.25) is 4.79 Å². The standard InChI is InChI=1S/C16H18N2O4S2/c1-10-14(15(19)18-12-6-7-24(20,21)9-12)23-16(17-10)11-4-3-5-13(8-11)22-2/h3-5,8,12H,6-7,9H2,1-2H3,(H,18,19)/t12-/m1/s1. The lowest BCUT2D eigenvalue weighted by atomic mass is 10.2. The topological polar surface area (TPSA) is 85.4 Å². The number of rotatable bonds is 4. The Morgan fingerprint density at radius 3 is 2.88 bits per heavy atom. The minimum Gasteiger partial charge on any atom is -0.497 e. The van der Waals surface area contributed by atoms with Gasteiger partial charge in [-0.1, -0.05) is 12.1 Å². The minimum absolute atomic E-state index is 0.0132. The molecule has 1 amide bonds. The van der Waals surface area contributed by atoms with Gasteiger partial charge in [0.15, 0.2) is 9.84 Å². The Hall–Kier alpha value is -1.93. The molecular weight excluding hydrogens is 348 g/mol. The smallest absolute Gasteiger partial charge is 0.263 e. The average molecular weight is 366 g/mol. The molecule has 1 fully saturated rings. The monoisotopic (exact) mass is 366 g/mol. The number of sulfone groups is 1. The number of amides is 1. The quantitative estimate of drug-likeness (QED) is 0.895. The van der Waals surface area contributed by atoms with E-state index in [1.54, 1.807) is 14.0 Å². The van der Waals surface area contributed by atoms with E-state index in [9.17, 15) is 13.2 Å². The SMILES string of the molecule is COc1cccc(-c2nc(C)c(C(=O)N[C@@H]3CCS(=O)(=O)C3)s2)c1. The largest absolute Gasteiger partial charge is 0.497 e. The molecule has 0 saturated carbocycles. The van der Waals surface area contributed by atoms with Gasteiger partial charge in [-0.2, -0.15) is 0 Å². The van der Waals surface area contributed by atoms with E-state index >= 15 is 0 Å². The van der Waals surface area contributed by atoms with Crippen molar-refractivity contribution < 1.29 is 17.9 Å². The van der Waals surface area contributed by atoms with E-state index in [2.05, 4.69) is 10.3 Å². The second-order valence-corrected chi connectivity index (χ2v) is 8.97. The van der Waals surface area contributed by atoms with Crippen LogP contribution in [0.2, 0.25) is 0 Å². The number of aryl methyl sites for hydroxylation is 1. The maximum atomic E-state index is 12.4. The molecule has 0 bridgehead atoms. The molecule has 0 aliphatic carbocycles. The predicted octanol–water partition coefficient (Wildman–Crippen LogP) is 2.04. The number of hydrogen-bond donors (Lipinski definition) is 1. The lowest BCUT2D eigenvalue weighted by Crippen LogP contribution is -2.35. The zero-order valence-electron chi connectivity index (χ0n) is 13.4. The van der Waals surface area contributed by atoms with E-state index in [-0.39, 0.29) is 23.5 Å². The lowest BCUT2D eigenvalue weighted by Gasteiger charge is -2.09. The van der Waals surface area contributed by atoms with Crippen LogP contribution < -0.4 is 10.1 Å². The van der Waals surface area contributed by atoms with Crippen LogP contribution in [0, 0.1) is 6.92 Å². The minimum atomic E-state index is -3.02. The first-order valence-corrected chi connectivity index (χ1v) is 10.1. The number of carbonyl (C=O) groups is 1. The number of ether oxygens (including phenoxy) is 1. The third-order valence-electron chi connectivity index (χ3n) is 3.89. The van der Waals surface area contributed by atoms with Crippen molar-refractivity contribution in [2.24, 2.45) is 0 Å². The van der Waals surface area contributed by atoms with Gasteiger partial charge in [0.1, 0.15) is 15.6 Å². The summed E-state index contributed by atoms with van der Waals surface area (Å²) >= 11 is 1.30. The molecule has 2 heterocycles. The van der Waals surface area contributed by atoms with E-state index in [4.69, 9.17) is 4.74 Å². The molecule has 0 unspecified atom stereocenters. The zero-order valence-corrected chi connectivity index (χ0v) is 15.0. The molecule has 128 valence electrons. The second-order valence-electron chi connectivity index (χ2n) is 5.74. The van der Waals surface area contributed by atoms with Crippen LogP contribution in [0.5, 0.6) is 5.75 Å². The highest BCUT2D eigenvalue weighted by molar-refractivity contribution is 7.91. The normalized spacial score (nSPS) is 19.2. The summed E-state index contributed by atoms with van der Waals surface area (Å²) in [5.74, 6) is 0.609. The molecular formula is C16H18N2O4S2. The fraction of sp³-hybridized carbons (Fsp3) is 0.375. The molecule has 8 heteroatoms. The molecule has 3 rings (SSSR count). The molecule has 0 spiro atoms. The summed E-state index contributed by atoms with van der Waals surface area (Å²) in [6.45, 7) is 1.78. The maximum absolute atomic E-state index is 12.4. The van der Waals surface area contributed by atoms with Crippen molar-refractivity contribution >= 4 is 27.1 Å². The van der Waals surface area contributed by atoms with Gasteiger partial charge >= 0.3 is 0 Å². The van der Waals surface area contributed by atoms with Crippen molar-refractivity contribution in [3.63, 3.8) is 0 Å². The van der Waals surface area contributed by atoms with Gasteiger partial charge in [0, 0.05) is 11.6 Å². The van der Waals surface area contributed by atoms with E-state index in [1.807, 2.05) is 24.3 Å². The highest BCUT2D eigenvalue weighted by atomic mass is 32.2. The number of nitrogens with zero attached hydrogens (tertiary/aromatic N) is 1. The molecule has 1 N–H and O–H groups in total. The Labute approximate surface area is 144 Å². The van der Waals surface area contributed by atoms with Gasteiger partial charge in [-0.15, -0.1) is 11.3 Å². The molecule has 1 aliphatic rings. The number of carbonyl (C=O) groups excluding carboxylic acids is 1. The first-order chi connectivity index (χ1) is 11.4. The molecule has 1 atom stereocenters. The van der Waals surface area contributed by atoms with E-state index in [0.717, 1.165) is 16.3 Å². The highest BCUT2D eigenvalue weighted by Gasteiger charge is 2.30. The van der Waals surface area contributed by atoms with Crippen molar-refractivity contribution in [1.29, 1.82) is 0 Å². The first kappa shape index (κ1) is 16.9. The third kappa shape index (κ3) is 3.59. The number of nitrogens with one attached hydrogen (secondary N) is 1. The summed E-state index contributed by atoms with van der Waals surface area (Å²) in [7, 11) is -1.42. The van der Waals surface area contributed by atoms with Crippen LogP contribution in [0.3, 0.4) is 0 Å². The fourth-order valence-corrected chi connectivity index (χ4v) is 5.29. The first-order valence-electron chi connectivity index (χ1n) is 7.51. The van der Waals surface area contributed by atoms with Gasteiger partial charge in [-0.05, 0) is 25.5 Å². The Balaban J connectivity index is 1.79. The van der Waals surface area contributed by atoms with Crippen molar-refractivity contribution in [1.82, 2.24) is 10.3 Å². The van der Waals surface area contributed by atoms with Gasteiger partial charge < -0.3 is 10.1 Å². The molecule has 0 radical (unpaired) electrons. The van der Waals surface area contributed by atoms with Gasteiger partial charge in [-0.25, -0.2) is 13.4 Å². The van der Waals surface area contributed by atoms with Crippen molar-refractivity contribution in [3.8, 4) is 16.3 Å². The summed E-state index contributed by atoms with van der Waals surface area (Å²) < 4.78 is 28.2. The Kier molecular flexibility index (Phi) is 4.60. The number of aromatic nitrogens is 1.